The summed E-state index contributed by atoms with van der Waals surface area (Å²) in [5.74, 6) is 1.54. The molecule has 4 N–H and O–H groups in total. The lowest BCUT2D eigenvalue weighted by atomic mass is 9.85. The van der Waals surface area contributed by atoms with Crippen molar-refractivity contribution < 1.29 is 5.48 Å². The van der Waals surface area contributed by atoms with Crippen LogP contribution in [0.25, 0.3) is 11.4 Å². The quantitative estimate of drug-likeness (QED) is 0.733. The highest BCUT2D eigenvalue weighted by atomic mass is 35.5. The standard InChI is InChI=1S/C20H24N4.ClH.H2O/c1-3-14-11-21-18-12-22-20(24-19(14)18)16-9-13(2)23-17(10-16)15-7-5-4-6-8-15;;/h4-8,11-13,16-17,23H,3,9-10H2,1-2H3,(H,22,24);1H;1H2. The molecular formula is C20H27ClN4O. The van der Waals surface area contributed by atoms with E-state index in [4.69, 9.17) is 4.98 Å². The van der Waals surface area contributed by atoms with Crippen molar-refractivity contribution in [3.05, 3.63) is 59.7 Å². The van der Waals surface area contributed by atoms with Crippen LogP contribution in [-0.2, 0) is 6.42 Å². The van der Waals surface area contributed by atoms with Gasteiger partial charge in [-0.05, 0) is 37.3 Å². The predicted molar refractivity (Wildman–Crippen MR) is 107 cm³/mol. The Hall–Kier alpha value is -1.95. The van der Waals surface area contributed by atoms with Crippen molar-refractivity contribution in [3.8, 4) is 11.4 Å². The fraction of sp³-hybridized carbons (Fsp3) is 0.400. The van der Waals surface area contributed by atoms with Crippen molar-refractivity contribution in [1.29, 1.82) is 0 Å². The number of hydrogen-bond donors (Lipinski definition) is 2. The Balaban J connectivity index is 0.00000121. The topological polar surface area (TPSA) is 85.1 Å². The van der Waals surface area contributed by atoms with Crippen LogP contribution in [0.4, 0.5) is 0 Å². The third-order valence-electron chi connectivity index (χ3n) is 5.13. The lowest BCUT2D eigenvalue weighted by Crippen LogP contribution is -2.38. The summed E-state index contributed by atoms with van der Waals surface area (Å²) in [6.07, 6.45) is 7.05. The molecule has 1 fully saturated rings. The fourth-order valence-corrected chi connectivity index (χ4v) is 3.88. The lowest BCUT2D eigenvalue weighted by molar-refractivity contribution is 0.299. The first kappa shape index (κ1) is 20.4. The molecule has 3 heterocycles. The Morgan fingerprint density at radius 1 is 1.08 bits per heavy atom. The fourth-order valence-electron chi connectivity index (χ4n) is 3.88. The minimum atomic E-state index is 0. The molecule has 0 spiro atoms. The van der Waals surface area contributed by atoms with E-state index < -0.39 is 0 Å². The molecular weight excluding hydrogens is 348 g/mol. The molecule has 140 valence electrons. The monoisotopic (exact) mass is 374 g/mol. The maximum Gasteiger partial charge on any atom is 0.109 e. The Morgan fingerprint density at radius 3 is 2.58 bits per heavy atom. The molecule has 3 atom stereocenters. The number of aromatic nitrogens is 3. The molecule has 6 heteroatoms. The van der Waals surface area contributed by atoms with Crippen LogP contribution in [0.5, 0.6) is 0 Å². The molecule has 1 aromatic rings. The van der Waals surface area contributed by atoms with Gasteiger partial charge < -0.3 is 15.8 Å². The summed E-state index contributed by atoms with van der Waals surface area (Å²) in [6.45, 7) is 4.44. The number of rotatable bonds is 3. The molecule has 3 aliphatic rings. The van der Waals surface area contributed by atoms with Crippen LogP contribution in [-0.4, -0.2) is 26.5 Å². The second-order valence-corrected chi connectivity index (χ2v) is 6.86. The Labute approximate surface area is 160 Å². The number of nitrogens with one attached hydrogen (secondary N) is 2. The number of benzene rings is 1. The highest BCUT2D eigenvalue weighted by molar-refractivity contribution is 5.85. The van der Waals surface area contributed by atoms with Crippen LogP contribution >= 0.6 is 12.4 Å². The zero-order valence-electron chi connectivity index (χ0n) is 15.2. The van der Waals surface area contributed by atoms with Crippen molar-refractivity contribution in [1.82, 2.24) is 20.3 Å². The van der Waals surface area contributed by atoms with Crippen molar-refractivity contribution >= 4 is 12.4 Å². The average molecular weight is 375 g/mol. The first-order valence-corrected chi connectivity index (χ1v) is 8.88. The molecule has 0 saturated carbocycles. The van der Waals surface area contributed by atoms with Gasteiger partial charge in [0, 0.05) is 24.2 Å². The number of nitrogens with zero attached hydrogens (tertiary/aromatic N) is 2. The summed E-state index contributed by atoms with van der Waals surface area (Å²) in [6, 6.07) is 11.6. The van der Waals surface area contributed by atoms with Crippen LogP contribution in [0.2, 0.25) is 0 Å². The van der Waals surface area contributed by atoms with Gasteiger partial charge in [-0.1, -0.05) is 37.3 Å². The summed E-state index contributed by atoms with van der Waals surface area (Å²) in [5.41, 5.74) is 4.76. The lowest BCUT2D eigenvalue weighted by Gasteiger charge is -2.34. The molecule has 1 saturated heterocycles. The van der Waals surface area contributed by atoms with E-state index in [2.05, 4.69) is 59.5 Å². The van der Waals surface area contributed by atoms with E-state index in [-0.39, 0.29) is 17.9 Å². The van der Waals surface area contributed by atoms with Gasteiger partial charge in [0.1, 0.15) is 11.5 Å². The predicted octanol–water partition coefficient (Wildman–Crippen LogP) is 3.67. The van der Waals surface area contributed by atoms with E-state index in [1.54, 1.807) is 0 Å². The molecule has 0 bridgehead atoms. The van der Waals surface area contributed by atoms with Gasteiger partial charge in [0.15, 0.2) is 0 Å². The zero-order valence-corrected chi connectivity index (χ0v) is 16.0. The molecule has 3 aliphatic heterocycles. The Bertz CT molecular complexity index is 792. The van der Waals surface area contributed by atoms with Gasteiger partial charge in [-0.2, -0.15) is 0 Å². The number of halogens is 1. The third kappa shape index (κ3) is 3.90. The second-order valence-electron chi connectivity index (χ2n) is 6.86. The minimum Gasteiger partial charge on any atom is -0.412 e. The maximum atomic E-state index is 4.69. The summed E-state index contributed by atoms with van der Waals surface area (Å²) >= 11 is 0. The molecule has 26 heavy (non-hydrogen) atoms. The summed E-state index contributed by atoms with van der Waals surface area (Å²) in [7, 11) is 0. The van der Waals surface area contributed by atoms with Crippen LogP contribution < -0.4 is 5.32 Å². The summed E-state index contributed by atoms with van der Waals surface area (Å²) in [4.78, 5) is 12.7. The van der Waals surface area contributed by atoms with Gasteiger partial charge >= 0.3 is 0 Å². The van der Waals surface area contributed by atoms with Crippen LogP contribution in [0.1, 0.15) is 55.6 Å². The van der Waals surface area contributed by atoms with Crippen LogP contribution in [0.15, 0.2) is 42.7 Å². The number of H-pyrrole nitrogens is 1. The van der Waals surface area contributed by atoms with Gasteiger partial charge in [-0.3, -0.25) is 4.98 Å². The maximum absolute atomic E-state index is 4.69. The van der Waals surface area contributed by atoms with E-state index in [0.717, 1.165) is 36.5 Å². The van der Waals surface area contributed by atoms with Crippen LogP contribution in [0.3, 0.4) is 0 Å². The normalized spacial score (nSPS) is 22.5. The zero-order chi connectivity index (χ0) is 16.5. The molecule has 0 amide bonds. The highest BCUT2D eigenvalue weighted by Crippen LogP contribution is 2.36. The molecule has 1 aromatic carbocycles. The first-order valence-electron chi connectivity index (χ1n) is 8.88. The van der Waals surface area contributed by atoms with Crippen molar-refractivity contribution in [2.24, 2.45) is 0 Å². The van der Waals surface area contributed by atoms with Crippen molar-refractivity contribution in [3.63, 3.8) is 0 Å². The van der Waals surface area contributed by atoms with Gasteiger partial charge in [0.25, 0.3) is 0 Å². The Kier molecular flexibility index (Phi) is 6.75. The second kappa shape index (κ2) is 8.62. The first-order chi connectivity index (χ1) is 11.7. The van der Waals surface area contributed by atoms with Crippen molar-refractivity contribution in [2.45, 2.75) is 51.1 Å². The Morgan fingerprint density at radius 2 is 1.85 bits per heavy atom. The smallest absolute Gasteiger partial charge is 0.109 e. The average Bonchev–Trinajstić information content (AvgIpc) is 3.04. The number of piperidine rings is 1. The molecule has 0 aliphatic carbocycles. The van der Waals surface area contributed by atoms with E-state index in [9.17, 15) is 0 Å². The largest absolute Gasteiger partial charge is 0.412 e. The SMILES string of the molecule is CCc1cnc2cnc(C3CC(C)NC(c4ccccc4)C3)[nH]c1-2.Cl.O. The molecule has 5 nitrogen and oxygen atoms in total. The summed E-state index contributed by atoms with van der Waals surface area (Å²) in [5, 5.41) is 3.73. The van der Waals surface area contributed by atoms with E-state index in [1.807, 2.05) is 12.4 Å². The molecule has 3 unspecified atom stereocenters. The number of fused-ring (bicyclic) bond motifs is 1. The summed E-state index contributed by atoms with van der Waals surface area (Å²) < 4.78 is 0. The van der Waals surface area contributed by atoms with Crippen molar-refractivity contribution in [2.75, 3.05) is 0 Å². The number of aromatic amines is 1. The van der Waals surface area contributed by atoms with E-state index >= 15 is 0 Å². The number of aryl methyl sites for hydroxylation is 1. The highest BCUT2D eigenvalue weighted by Gasteiger charge is 2.29. The molecule has 0 aromatic heterocycles. The third-order valence-corrected chi connectivity index (χ3v) is 5.13. The van der Waals surface area contributed by atoms with Gasteiger partial charge in [0.05, 0.1) is 11.9 Å². The minimum absolute atomic E-state index is 0. The van der Waals surface area contributed by atoms with E-state index in [0.29, 0.717) is 18.0 Å². The molecule has 4 rings (SSSR count). The molecule has 0 radical (unpaired) electrons. The number of hydrogen-bond acceptors (Lipinski definition) is 3. The van der Waals surface area contributed by atoms with E-state index in [1.165, 1.54) is 11.1 Å². The van der Waals surface area contributed by atoms with Crippen LogP contribution in [0, 0.1) is 0 Å². The van der Waals surface area contributed by atoms with Gasteiger partial charge in [-0.15, -0.1) is 12.4 Å². The van der Waals surface area contributed by atoms with Gasteiger partial charge in [-0.25, -0.2) is 4.98 Å². The van der Waals surface area contributed by atoms with Gasteiger partial charge in [0.2, 0.25) is 0 Å².